The van der Waals surface area contributed by atoms with Crippen molar-refractivity contribution in [3.05, 3.63) is 35.9 Å². The number of hydrogen-bond donors (Lipinski definition) is 3. The molecule has 0 bridgehead atoms. The first-order valence-corrected chi connectivity index (χ1v) is 8.91. The van der Waals surface area contributed by atoms with Crippen molar-refractivity contribution in [1.82, 2.24) is 25.8 Å². The number of nitrogens with zero attached hydrogens (tertiary/aromatic N) is 3. The molecule has 144 valence electrons. The minimum absolute atomic E-state index is 0.0721. The highest BCUT2D eigenvalue weighted by atomic mass is 16.2. The molecule has 9 nitrogen and oxygen atoms in total. The standard InChI is InChI=1S/C18H24N6O3/c1-10(2)16(26)22-18-21-15-14(23(9-25)12(4)11(3)20-15)17(27)24(18)13-7-5-6-8-19-13/h5-12,18,20-21H,1-4H3,(H,22,26)/t11-,12+,18+/m0/s1. The minimum atomic E-state index is -0.831. The van der Waals surface area contributed by atoms with Crippen LogP contribution in [0.15, 0.2) is 35.9 Å². The van der Waals surface area contributed by atoms with E-state index in [9.17, 15) is 14.4 Å². The fraction of sp³-hybridized carbons (Fsp3) is 0.444. The average molecular weight is 372 g/mol. The Morgan fingerprint density at radius 3 is 2.63 bits per heavy atom. The van der Waals surface area contributed by atoms with Gasteiger partial charge in [-0.3, -0.25) is 19.3 Å². The normalized spacial score (nSPS) is 24.9. The van der Waals surface area contributed by atoms with E-state index in [1.165, 1.54) is 9.80 Å². The third-order valence-electron chi connectivity index (χ3n) is 4.80. The summed E-state index contributed by atoms with van der Waals surface area (Å²) in [7, 11) is 0. The van der Waals surface area contributed by atoms with E-state index in [0.29, 0.717) is 18.0 Å². The van der Waals surface area contributed by atoms with Gasteiger partial charge in [-0.25, -0.2) is 4.98 Å². The monoisotopic (exact) mass is 372 g/mol. The van der Waals surface area contributed by atoms with Gasteiger partial charge < -0.3 is 20.9 Å². The molecular formula is C18H24N6O3. The van der Waals surface area contributed by atoms with Crippen LogP contribution >= 0.6 is 0 Å². The summed E-state index contributed by atoms with van der Waals surface area (Å²) in [4.78, 5) is 44.3. The van der Waals surface area contributed by atoms with E-state index in [-0.39, 0.29) is 29.6 Å². The number of anilines is 1. The number of carbonyl (C=O) groups excluding carboxylic acids is 3. The maximum absolute atomic E-state index is 13.3. The lowest BCUT2D eigenvalue weighted by atomic mass is 10.0. The first-order valence-electron chi connectivity index (χ1n) is 8.91. The van der Waals surface area contributed by atoms with E-state index in [0.717, 1.165) is 0 Å². The Morgan fingerprint density at radius 1 is 1.30 bits per heavy atom. The molecule has 3 rings (SSSR count). The van der Waals surface area contributed by atoms with E-state index < -0.39 is 12.2 Å². The van der Waals surface area contributed by atoms with Crippen LogP contribution in [0.4, 0.5) is 5.82 Å². The number of rotatable bonds is 4. The molecule has 9 heteroatoms. The van der Waals surface area contributed by atoms with E-state index in [1.54, 1.807) is 38.2 Å². The number of nitrogens with one attached hydrogen (secondary N) is 3. The summed E-state index contributed by atoms with van der Waals surface area (Å²) in [6.45, 7) is 7.32. The van der Waals surface area contributed by atoms with Crippen LogP contribution in [-0.4, -0.2) is 46.5 Å². The molecule has 3 amide bonds. The fourth-order valence-electron chi connectivity index (χ4n) is 3.03. The summed E-state index contributed by atoms with van der Waals surface area (Å²) in [6.07, 6.45) is 1.39. The maximum atomic E-state index is 13.3. The Morgan fingerprint density at radius 2 is 2.04 bits per heavy atom. The molecule has 3 N–H and O–H groups in total. The SMILES string of the molecule is CC(C)C(=O)N[C@H]1NC2=C(C(=O)N1c1ccccn1)N(C=O)[C@H](C)[C@H](C)N2. The average Bonchev–Trinajstić information content (AvgIpc) is 2.64. The van der Waals surface area contributed by atoms with Crippen LogP contribution in [0.1, 0.15) is 27.7 Å². The molecule has 2 aliphatic heterocycles. The highest BCUT2D eigenvalue weighted by Gasteiger charge is 2.44. The van der Waals surface area contributed by atoms with Gasteiger partial charge in [0.05, 0.1) is 6.04 Å². The second-order valence-electron chi connectivity index (χ2n) is 6.98. The number of pyridine rings is 1. The Labute approximate surface area is 157 Å². The second kappa shape index (κ2) is 7.26. The van der Waals surface area contributed by atoms with Crippen molar-refractivity contribution in [2.24, 2.45) is 5.92 Å². The molecule has 0 radical (unpaired) electrons. The molecule has 1 aromatic heterocycles. The molecule has 3 atom stereocenters. The molecule has 0 spiro atoms. The van der Waals surface area contributed by atoms with Crippen molar-refractivity contribution >= 4 is 24.0 Å². The molecular weight excluding hydrogens is 348 g/mol. The molecule has 2 aliphatic rings. The van der Waals surface area contributed by atoms with E-state index in [4.69, 9.17) is 0 Å². The van der Waals surface area contributed by atoms with Gasteiger partial charge in [0, 0.05) is 18.2 Å². The summed E-state index contributed by atoms with van der Waals surface area (Å²) < 4.78 is 0. The van der Waals surface area contributed by atoms with Gasteiger partial charge in [-0.2, -0.15) is 0 Å². The highest BCUT2D eigenvalue weighted by Crippen LogP contribution is 2.27. The molecule has 0 aromatic carbocycles. The largest absolute Gasteiger partial charge is 0.365 e. The number of carbonyl (C=O) groups is 3. The maximum Gasteiger partial charge on any atom is 0.283 e. The fourth-order valence-corrected chi connectivity index (χ4v) is 3.03. The molecule has 27 heavy (non-hydrogen) atoms. The van der Waals surface area contributed by atoms with Crippen molar-refractivity contribution in [3.8, 4) is 0 Å². The Kier molecular flexibility index (Phi) is 5.02. The van der Waals surface area contributed by atoms with E-state index in [2.05, 4.69) is 20.9 Å². The van der Waals surface area contributed by atoms with Crippen molar-refractivity contribution in [2.75, 3.05) is 4.90 Å². The van der Waals surface area contributed by atoms with Crippen LogP contribution < -0.4 is 20.9 Å². The summed E-state index contributed by atoms with van der Waals surface area (Å²) in [5, 5.41) is 9.18. The molecule has 0 unspecified atom stereocenters. The Bertz CT molecular complexity index is 779. The predicted molar refractivity (Wildman–Crippen MR) is 98.6 cm³/mol. The smallest absolute Gasteiger partial charge is 0.283 e. The summed E-state index contributed by atoms with van der Waals surface area (Å²) >= 11 is 0. The van der Waals surface area contributed by atoms with Gasteiger partial charge in [-0.15, -0.1) is 0 Å². The topological polar surface area (TPSA) is 107 Å². The summed E-state index contributed by atoms with van der Waals surface area (Å²) in [5.74, 6) is -0.108. The Balaban J connectivity index is 2.05. The first-order chi connectivity index (χ1) is 12.8. The van der Waals surface area contributed by atoms with Crippen LogP contribution in [0, 0.1) is 5.92 Å². The molecule has 0 fully saturated rings. The van der Waals surface area contributed by atoms with Gasteiger partial charge in [0.2, 0.25) is 12.3 Å². The van der Waals surface area contributed by atoms with Gasteiger partial charge in [0.15, 0.2) is 12.0 Å². The molecule has 0 saturated carbocycles. The lowest BCUT2D eigenvalue weighted by Crippen LogP contribution is -2.68. The predicted octanol–water partition coefficient (Wildman–Crippen LogP) is 0.0813. The Hall–Kier alpha value is -3.10. The van der Waals surface area contributed by atoms with Gasteiger partial charge in [-0.1, -0.05) is 19.9 Å². The molecule has 1 aromatic rings. The van der Waals surface area contributed by atoms with E-state index >= 15 is 0 Å². The van der Waals surface area contributed by atoms with Crippen molar-refractivity contribution < 1.29 is 14.4 Å². The third-order valence-corrected chi connectivity index (χ3v) is 4.80. The lowest BCUT2D eigenvalue weighted by molar-refractivity contribution is -0.128. The zero-order valence-electron chi connectivity index (χ0n) is 15.8. The number of aromatic nitrogens is 1. The van der Waals surface area contributed by atoms with Crippen molar-refractivity contribution in [3.63, 3.8) is 0 Å². The minimum Gasteiger partial charge on any atom is -0.365 e. The van der Waals surface area contributed by atoms with Gasteiger partial charge in [-0.05, 0) is 26.0 Å². The van der Waals surface area contributed by atoms with Crippen LogP contribution in [0.25, 0.3) is 0 Å². The van der Waals surface area contributed by atoms with Crippen molar-refractivity contribution in [2.45, 2.75) is 46.1 Å². The van der Waals surface area contributed by atoms with Gasteiger partial charge in [0.1, 0.15) is 11.6 Å². The summed E-state index contributed by atoms with van der Waals surface area (Å²) in [6, 6.07) is 4.88. The molecule has 0 saturated heterocycles. The van der Waals surface area contributed by atoms with Gasteiger partial charge >= 0.3 is 0 Å². The zero-order valence-corrected chi connectivity index (χ0v) is 15.8. The van der Waals surface area contributed by atoms with Crippen LogP contribution in [-0.2, 0) is 14.4 Å². The van der Waals surface area contributed by atoms with E-state index in [1.807, 2.05) is 13.8 Å². The number of hydrogen-bond acceptors (Lipinski definition) is 6. The number of amides is 3. The van der Waals surface area contributed by atoms with Crippen molar-refractivity contribution in [1.29, 1.82) is 0 Å². The molecule has 0 aliphatic carbocycles. The summed E-state index contributed by atoms with van der Waals surface area (Å²) in [5.41, 5.74) is 0.205. The van der Waals surface area contributed by atoms with Crippen LogP contribution in [0.3, 0.4) is 0 Å². The van der Waals surface area contributed by atoms with Crippen LogP contribution in [0.2, 0.25) is 0 Å². The highest BCUT2D eigenvalue weighted by molar-refractivity contribution is 6.08. The third kappa shape index (κ3) is 3.32. The zero-order chi connectivity index (χ0) is 19.7. The molecule has 3 heterocycles. The van der Waals surface area contributed by atoms with Crippen LogP contribution in [0.5, 0.6) is 0 Å². The lowest BCUT2D eigenvalue weighted by Gasteiger charge is -2.46. The second-order valence-corrected chi connectivity index (χ2v) is 6.98. The quantitative estimate of drug-likeness (QED) is 0.647. The first kappa shape index (κ1) is 18.7. The van der Waals surface area contributed by atoms with Gasteiger partial charge in [0.25, 0.3) is 5.91 Å².